The molecule has 6 nitrogen and oxygen atoms in total. The standard InChI is InChI=1S/C21H22BrN5O/c1-26(17-5-3-2-4-6-17)14-13-23-21(28)19-20(15-7-8-15)27(25-24-19)18-11-9-16(22)10-12-18/h2-6,9-12,15H,7-8,13-14H2,1H3,(H,23,28). The van der Waals surface area contributed by atoms with Crippen molar-refractivity contribution in [1.29, 1.82) is 0 Å². The number of benzene rings is 2. The Bertz CT molecular complexity index is 951. The topological polar surface area (TPSA) is 63.1 Å². The molecule has 0 atom stereocenters. The summed E-state index contributed by atoms with van der Waals surface area (Å²) in [5, 5.41) is 11.5. The Balaban J connectivity index is 1.45. The Morgan fingerprint density at radius 2 is 1.89 bits per heavy atom. The monoisotopic (exact) mass is 439 g/mol. The molecule has 0 spiro atoms. The molecule has 28 heavy (non-hydrogen) atoms. The van der Waals surface area contributed by atoms with E-state index in [9.17, 15) is 4.79 Å². The maximum atomic E-state index is 12.8. The molecule has 1 aliphatic carbocycles. The van der Waals surface area contributed by atoms with E-state index in [-0.39, 0.29) is 5.91 Å². The van der Waals surface area contributed by atoms with Gasteiger partial charge in [0.15, 0.2) is 5.69 Å². The van der Waals surface area contributed by atoms with Crippen molar-refractivity contribution in [2.24, 2.45) is 0 Å². The van der Waals surface area contributed by atoms with Crippen LogP contribution in [0, 0.1) is 0 Å². The third-order valence-electron chi connectivity index (χ3n) is 4.89. The van der Waals surface area contributed by atoms with Gasteiger partial charge in [-0.2, -0.15) is 0 Å². The van der Waals surface area contributed by atoms with Crippen LogP contribution in [0.15, 0.2) is 59.1 Å². The molecule has 7 heteroatoms. The summed E-state index contributed by atoms with van der Waals surface area (Å²) < 4.78 is 2.81. The number of carbonyl (C=O) groups excluding carboxylic acids is 1. The first-order valence-corrected chi connectivity index (χ1v) is 10.2. The number of hydrogen-bond donors (Lipinski definition) is 1. The number of nitrogens with one attached hydrogen (secondary N) is 1. The van der Waals surface area contributed by atoms with Gasteiger partial charge in [0.1, 0.15) is 0 Å². The Labute approximate surface area is 172 Å². The first kappa shape index (κ1) is 18.7. The largest absolute Gasteiger partial charge is 0.373 e. The second-order valence-electron chi connectivity index (χ2n) is 7.00. The van der Waals surface area contributed by atoms with Gasteiger partial charge in [0, 0.05) is 36.2 Å². The van der Waals surface area contributed by atoms with Crippen LogP contribution in [0.4, 0.5) is 5.69 Å². The second-order valence-corrected chi connectivity index (χ2v) is 7.91. The molecule has 0 radical (unpaired) electrons. The van der Waals surface area contributed by atoms with Gasteiger partial charge in [0.25, 0.3) is 5.91 Å². The van der Waals surface area contributed by atoms with Crippen molar-refractivity contribution >= 4 is 27.5 Å². The number of hydrogen-bond acceptors (Lipinski definition) is 4. The number of anilines is 1. The quantitative estimate of drug-likeness (QED) is 0.608. The maximum Gasteiger partial charge on any atom is 0.273 e. The first-order valence-electron chi connectivity index (χ1n) is 9.39. The van der Waals surface area contributed by atoms with Crippen molar-refractivity contribution in [3.63, 3.8) is 0 Å². The number of aromatic nitrogens is 3. The molecule has 1 aliphatic rings. The molecule has 1 fully saturated rings. The van der Waals surface area contributed by atoms with E-state index >= 15 is 0 Å². The van der Waals surface area contributed by atoms with Crippen LogP contribution >= 0.6 is 15.9 Å². The Hall–Kier alpha value is -2.67. The van der Waals surface area contributed by atoms with Gasteiger partial charge in [-0.25, -0.2) is 4.68 Å². The van der Waals surface area contributed by atoms with E-state index in [1.54, 1.807) is 4.68 Å². The number of halogens is 1. The van der Waals surface area contributed by atoms with Gasteiger partial charge in [-0.05, 0) is 49.2 Å². The Kier molecular flexibility index (Phi) is 5.43. The fraction of sp³-hybridized carbons (Fsp3) is 0.286. The van der Waals surface area contributed by atoms with Gasteiger partial charge in [0.05, 0.1) is 11.4 Å². The van der Waals surface area contributed by atoms with Crippen molar-refractivity contribution in [2.75, 3.05) is 25.0 Å². The molecule has 0 bridgehead atoms. The minimum atomic E-state index is -0.160. The summed E-state index contributed by atoms with van der Waals surface area (Å²) in [5.41, 5.74) is 3.39. The van der Waals surface area contributed by atoms with E-state index in [0.717, 1.165) is 40.9 Å². The minimum Gasteiger partial charge on any atom is -0.373 e. The minimum absolute atomic E-state index is 0.160. The summed E-state index contributed by atoms with van der Waals surface area (Å²) in [6.07, 6.45) is 2.14. The highest BCUT2D eigenvalue weighted by atomic mass is 79.9. The third kappa shape index (κ3) is 4.09. The lowest BCUT2D eigenvalue weighted by Gasteiger charge is -2.19. The van der Waals surface area contributed by atoms with Crippen LogP contribution in [0.25, 0.3) is 5.69 Å². The summed E-state index contributed by atoms with van der Waals surface area (Å²) in [5.74, 6) is 0.193. The van der Waals surface area contributed by atoms with E-state index < -0.39 is 0 Å². The van der Waals surface area contributed by atoms with Crippen molar-refractivity contribution < 1.29 is 4.79 Å². The SMILES string of the molecule is CN(CCNC(=O)c1nnn(-c2ccc(Br)cc2)c1C1CC1)c1ccccc1. The van der Waals surface area contributed by atoms with E-state index in [0.29, 0.717) is 18.2 Å². The smallest absolute Gasteiger partial charge is 0.273 e. The molecular weight excluding hydrogens is 418 g/mol. The molecule has 0 saturated heterocycles. The van der Waals surface area contributed by atoms with E-state index in [1.807, 2.05) is 49.5 Å². The number of para-hydroxylation sites is 1. The van der Waals surface area contributed by atoms with Gasteiger partial charge in [0.2, 0.25) is 0 Å². The maximum absolute atomic E-state index is 12.8. The highest BCUT2D eigenvalue weighted by molar-refractivity contribution is 9.10. The Morgan fingerprint density at radius 1 is 1.18 bits per heavy atom. The van der Waals surface area contributed by atoms with Crippen LogP contribution in [0.2, 0.25) is 0 Å². The molecule has 144 valence electrons. The summed E-state index contributed by atoms with van der Waals surface area (Å²) in [4.78, 5) is 14.9. The molecular formula is C21H22BrN5O. The zero-order valence-electron chi connectivity index (χ0n) is 15.7. The molecule has 2 aromatic carbocycles. The molecule has 1 N–H and O–H groups in total. The summed E-state index contributed by atoms with van der Waals surface area (Å²) in [6.45, 7) is 1.26. The zero-order valence-corrected chi connectivity index (χ0v) is 17.3. The van der Waals surface area contributed by atoms with Crippen LogP contribution in [0.3, 0.4) is 0 Å². The lowest BCUT2D eigenvalue weighted by atomic mass is 10.2. The average molecular weight is 440 g/mol. The van der Waals surface area contributed by atoms with Gasteiger partial charge in [-0.15, -0.1) is 5.10 Å². The first-order chi connectivity index (χ1) is 13.6. The van der Waals surface area contributed by atoms with E-state index in [2.05, 4.69) is 48.6 Å². The molecule has 0 aliphatic heterocycles. The summed E-state index contributed by atoms with van der Waals surface area (Å²) in [7, 11) is 2.01. The predicted octanol–water partition coefficient (Wildman–Crippen LogP) is 3.77. The number of likely N-dealkylation sites (N-methyl/N-ethyl adjacent to an activating group) is 1. The molecule has 0 unspecified atom stereocenters. The van der Waals surface area contributed by atoms with Crippen molar-refractivity contribution in [3.05, 3.63) is 70.5 Å². The van der Waals surface area contributed by atoms with Crippen LogP contribution in [-0.4, -0.2) is 41.0 Å². The normalized spacial score (nSPS) is 13.4. The van der Waals surface area contributed by atoms with E-state index in [4.69, 9.17) is 0 Å². The number of carbonyl (C=O) groups is 1. The third-order valence-corrected chi connectivity index (χ3v) is 5.41. The van der Waals surface area contributed by atoms with Crippen LogP contribution in [0.1, 0.15) is 34.9 Å². The van der Waals surface area contributed by atoms with E-state index in [1.165, 1.54) is 0 Å². The van der Waals surface area contributed by atoms with Crippen LogP contribution in [-0.2, 0) is 0 Å². The highest BCUT2D eigenvalue weighted by Crippen LogP contribution is 2.42. The second kappa shape index (κ2) is 8.14. The van der Waals surface area contributed by atoms with Crippen LogP contribution in [0.5, 0.6) is 0 Å². The van der Waals surface area contributed by atoms with Crippen molar-refractivity contribution in [3.8, 4) is 5.69 Å². The highest BCUT2D eigenvalue weighted by Gasteiger charge is 2.34. The number of rotatable bonds is 7. The fourth-order valence-corrected chi connectivity index (χ4v) is 3.44. The van der Waals surface area contributed by atoms with Gasteiger partial charge in [-0.1, -0.05) is 39.3 Å². The van der Waals surface area contributed by atoms with Crippen molar-refractivity contribution in [2.45, 2.75) is 18.8 Å². The summed E-state index contributed by atoms with van der Waals surface area (Å²) >= 11 is 3.45. The molecule has 1 aromatic heterocycles. The molecule has 4 rings (SSSR count). The van der Waals surface area contributed by atoms with Gasteiger partial charge >= 0.3 is 0 Å². The lowest BCUT2D eigenvalue weighted by molar-refractivity contribution is 0.0948. The molecule has 1 heterocycles. The predicted molar refractivity (Wildman–Crippen MR) is 113 cm³/mol. The summed E-state index contributed by atoms with van der Waals surface area (Å²) in [6, 6.07) is 18.0. The zero-order chi connectivity index (χ0) is 19.5. The number of nitrogens with zero attached hydrogens (tertiary/aromatic N) is 4. The fourth-order valence-electron chi connectivity index (χ4n) is 3.18. The molecule has 3 aromatic rings. The van der Waals surface area contributed by atoms with Gasteiger partial charge < -0.3 is 10.2 Å². The lowest BCUT2D eigenvalue weighted by Crippen LogP contribution is -2.33. The molecule has 1 amide bonds. The molecule has 1 saturated carbocycles. The van der Waals surface area contributed by atoms with Crippen LogP contribution < -0.4 is 10.2 Å². The Morgan fingerprint density at radius 3 is 2.57 bits per heavy atom. The van der Waals surface area contributed by atoms with Crippen molar-refractivity contribution in [1.82, 2.24) is 20.3 Å². The number of amides is 1. The van der Waals surface area contributed by atoms with Gasteiger partial charge in [-0.3, -0.25) is 4.79 Å². The average Bonchev–Trinajstić information content (AvgIpc) is 3.47.